The van der Waals surface area contributed by atoms with Gasteiger partial charge in [-0.1, -0.05) is 6.92 Å². The lowest BCUT2D eigenvalue weighted by atomic mass is 10.1. The predicted molar refractivity (Wildman–Crippen MR) is 62.1 cm³/mol. The van der Waals surface area contributed by atoms with Gasteiger partial charge in [0.2, 0.25) is 7.85 Å². The predicted octanol–water partition coefficient (Wildman–Crippen LogP) is -0.732. The van der Waals surface area contributed by atoms with Crippen LogP contribution in [0.25, 0.3) is 0 Å². The number of nitrogens with one attached hydrogen (secondary N) is 1. The summed E-state index contributed by atoms with van der Waals surface area (Å²) in [5, 5.41) is 19.6. The molecule has 7 nitrogen and oxygen atoms in total. The number of carboxylic acid groups (broad SMARTS) is 1. The summed E-state index contributed by atoms with van der Waals surface area (Å²) in [5.74, 6) is -3.48. The van der Waals surface area contributed by atoms with Gasteiger partial charge < -0.3 is 20.3 Å². The van der Waals surface area contributed by atoms with Crippen LogP contribution in [0.15, 0.2) is 0 Å². The van der Waals surface area contributed by atoms with Crippen LogP contribution in [0.2, 0.25) is 0 Å². The van der Waals surface area contributed by atoms with Crippen LogP contribution in [0.4, 0.5) is 4.79 Å². The second kappa shape index (κ2) is 7.70. The fourth-order valence-corrected chi connectivity index (χ4v) is 1.28. The van der Waals surface area contributed by atoms with Gasteiger partial charge in [-0.05, 0) is 13.3 Å². The molecule has 0 rings (SSSR count). The molecule has 0 bridgehead atoms. The molecule has 0 saturated heterocycles. The van der Waals surface area contributed by atoms with Crippen LogP contribution in [0, 0.1) is 5.92 Å². The molecule has 0 spiro atoms. The third-order valence-electron chi connectivity index (χ3n) is 2.21. The first-order valence-corrected chi connectivity index (χ1v) is 5.38. The Hall–Kier alpha value is -1.57. The molecule has 18 heavy (non-hydrogen) atoms. The quantitative estimate of drug-likeness (QED) is 0.409. The third kappa shape index (κ3) is 6.24. The van der Waals surface area contributed by atoms with Gasteiger partial charge in [0.15, 0.2) is 5.81 Å². The molecule has 2 radical (unpaired) electrons. The molecule has 0 aliphatic rings. The summed E-state index contributed by atoms with van der Waals surface area (Å²) >= 11 is 0. The lowest BCUT2D eigenvalue weighted by Crippen LogP contribution is -2.45. The van der Waals surface area contributed by atoms with Crippen LogP contribution < -0.4 is 5.32 Å². The number of ether oxygens (including phenoxy) is 1. The van der Waals surface area contributed by atoms with Crippen molar-refractivity contribution in [3.05, 3.63) is 0 Å². The maximum Gasteiger partial charge on any atom is 0.331 e. The largest absolute Gasteiger partial charge is 0.481 e. The normalized spacial score (nSPS) is 15.3. The molecule has 0 aromatic rings. The van der Waals surface area contributed by atoms with Crippen molar-refractivity contribution in [3.8, 4) is 0 Å². The molecule has 0 aromatic heterocycles. The van der Waals surface area contributed by atoms with Crippen LogP contribution >= 0.6 is 0 Å². The number of hydrogen-bond donors (Lipinski definition) is 3. The average molecular weight is 257 g/mol. The molecule has 3 N–H and O–H groups in total. The second-order valence-corrected chi connectivity index (χ2v) is 3.97. The van der Waals surface area contributed by atoms with Crippen molar-refractivity contribution in [1.82, 2.24) is 5.32 Å². The monoisotopic (exact) mass is 257 g/mol. The fourth-order valence-electron chi connectivity index (χ4n) is 1.28. The van der Waals surface area contributed by atoms with Gasteiger partial charge in [-0.25, -0.2) is 4.79 Å². The van der Waals surface area contributed by atoms with E-state index in [-0.39, 0.29) is 6.42 Å². The first-order valence-electron chi connectivity index (χ1n) is 5.38. The van der Waals surface area contributed by atoms with E-state index >= 15 is 0 Å². The van der Waals surface area contributed by atoms with Crippen LogP contribution in [-0.4, -0.2) is 54.6 Å². The molecule has 0 heterocycles. The Morgan fingerprint density at radius 2 is 1.89 bits per heavy atom. The minimum atomic E-state index is -1.25. The first-order chi connectivity index (χ1) is 8.27. The maximum absolute atomic E-state index is 11.5. The highest BCUT2D eigenvalue weighted by molar-refractivity contribution is 6.57. The lowest BCUT2D eigenvalue weighted by molar-refractivity contribution is -0.154. The van der Waals surface area contributed by atoms with Gasteiger partial charge in [-0.15, -0.1) is 0 Å². The Labute approximate surface area is 106 Å². The molecule has 3 unspecified atom stereocenters. The molecule has 0 saturated carbocycles. The van der Waals surface area contributed by atoms with Gasteiger partial charge in [0.25, 0.3) is 0 Å². The number of aliphatic carboxylic acids is 1. The standard InChI is InChI=1S/C10H16BNO6/c1-5(8(14)15)3-6(2)18-9(16)7(4-13)12-10(11)17/h5-7,13H,3-4H2,1-2H3,(H,12,17)(H,14,15). The van der Waals surface area contributed by atoms with E-state index in [9.17, 15) is 14.4 Å². The number of hydrogen-bond acceptors (Lipinski definition) is 5. The van der Waals surface area contributed by atoms with E-state index in [1.165, 1.54) is 13.8 Å². The first kappa shape index (κ1) is 16.4. The number of aliphatic hydroxyl groups excluding tert-OH is 1. The van der Waals surface area contributed by atoms with Gasteiger partial charge in [0, 0.05) is 0 Å². The van der Waals surface area contributed by atoms with Crippen molar-refractivity contribution < 1.29 is 29.3 Å². The van der Waals surface area contributed by atoms with E-state index in [0.717, 1.165) is 0 Å². The number of aliphatic hydroxyl groups is 1. The molecule has 100 valence electrons. The zero-order chi connectivity index (χ0) is 14.3. The summed E-state index contributed by atoms with van der Waals surface area (Å²) in [6.07, 6.45) is -0.511. The minimum Gasteiger partial charge on any atom is -0.481 e. The highest BCUT2D eigenvalue weighted by Gasteiger charge is 2.23. The molecular weight excluding hydrogens is 241 g/mol. The zero-order valence-electron chi connectivity index (χ0n) is 10.3. The van der Waals surface area contributed by atoms with Crippen molar-refractivity contribution in [1.29, 1.82) is 0 Å². The minimum absolute atomic E-state index is 0.135. The van der Waals surface area contributed by atoms with Gasteiger partial charge in [-0.2, -0.15) is 0 Å². The SMILES string of the molecule is [B]C(=O)NC(CO)C(=O)OC(C)CC(C)C(=O)O. The maximum atomic E-state index is 11.5. The van der Waals surface area contributed by atoms with Gasteiger partial charge in [0.1, 0.15) is 6.04 Å². The topological polar surface area (TPSA) is 113 Å². The average Bonchev–Trinajstić information content (AvgIpc) is 2.24. The van der Waals surface area contributed by atoms with Crippen molar-refractivity contribution in [2.45, 2.75) is 32.4 Å². The Morgan fingerprint density at radius 3 is 2.28 bits per heavy atom. The highest BCUT2D eigenvalue weighted by atomic mass is 16.5. The molecule has 1 amide bonds. The smallest absolute Gasteiger partial charge is 0.331 e. The van der Waals surface area contributed by atoms with Crippen molar-refractivity contribution in [2.75, 3.05) is 6.61 Å². The number of amides is 1. The Bertz CT molecular complexity index is 321. The molecule has 0 fully saturated rings. The molecule has 8 heteroatoms. The number of carbonyl (C=O) groups excluding carboxylic acids is 2. The number of esters is 1. The van der Waals surface area contributed by atoms with E-state index in [1.54, 1.807) is 0 Å². The van der Waals surface area contributed by atoms with E-state index in [4.69, 9.17) is 22.8 Å². The molecule has 0 aromatic carbocycles. The van der Waals surface area contributed by atoms with E-state index in [0.29, 0.717) is 0 Å². The van der Waals surface area contributed by atoms with E-state index < -0.39 is 42.4 Å². The third-order valence-corrected chi connectivity index (χ3v) is 2.21. The Morgan fingerprint density at radius 1 is 1.33 bits per heavy atom. The van der Waals surface area contributed by atoms with Crippen LogP contribution in [0.1, 0.15) is 20.3 Å². The Kier molecular flexibility index (Phi) is 7.03. The zero-order valence-corrected chi connectivity index (χ0v) is 10.3. The highest BCUT2D eigenvalue weighted by Crippen LogP contribution is 2.09. The summed E-state index contributed by atoms with van der Waals surface area (Å²) in [7, 11) is 4.81. The summed E-state index contributed by atoms with van der Waals surface area (Å²) < 4.78 is 4.89. The van der Waals surface area contributed by atoms with Gasteiger partial charge in [0.05, 0.1) is 18.6 Å². The van der Waals surface area contributed by atoms with Crippen molar-refractivity contribution in [2.24, 2.45) is 5.92 Å². The van der Waals surface area contributed by atoms with E-state index in [1.807, 2.05) is 5.32 Å². The van der Waals surface area contributed by atoms with Crippen LogP contribution in [0.5, 0.6) is 0 Å². The summed E-state index contributed by atoms with van der Waals surface area (Å²) in [6.45, 7) is 2.36. The summed E-state index contributed by atoms with van der Waals surface area (Å²) in [6, 6.07) is -1.25. The van der Waals surface area contributed by atoms with Gasteiger partial charge >= 0.3 is 11.9 Å². The molecule has 0 aliphatic heterocycles. The van der Waals surface area contributed by atoms with Gasteiger partial charge in [-0.3, -0.25) is 9.59 Å². The number of carboxylic acids is 1. The molecular formula is C10H16BNO6. The van der Waals surface area contributed by atoms with Crippen LogP contribution in [-0.2, 0) is 14.3 Å². The summed E-state index contributed by atoms with van der Waals surface area (Å²) in [5.41, 5.74) is 0. The van der Waals surface area contributed by atoms with Crippen molar-refractivity contribution in [3.63, 3.8) is 0 Å². The Balaban J connectivity index is 4.27. The number of carbonyl (C=O) groups is 3. The molecule has 3 atom stereocenters. The fraction of sp³-hybridized carbons (Fsp3) is 0.700. The summed E-state index contributed by atoms with van der Waals surface area (Å²) in [4.78, 5) is 32.6. The van der Waals surface area contributed by atoms with Crippen molar-refractivity contribution >= 4 is 25.6 Å². The number of rotatable bonds is 7. The van der Waals surface area contributed by atoms with E-state index in [2.05, 4.69) is 0 Å². The molecule has 0 aliphatic carbocycles. The van der Waals surface area contributed by atoms with Crippen LogP contribution in [0.3, 0.4) is 0 Å². The lowest BCUT2D eigenvalue weighted by Gasteiger charge is -2.19. The second-order valence-electron chi connectivity index (χ2n) is 3.97.